The maximum absolute atomic E-state index is 13.4. The van der Waals surface area contributed by atoms with Crippen molar-refractivity contribution >= 4 is 61.3 Å². The van der Waals surface area contributed by atoms with E-state index in [0.717, 1.165) is 8.78 Å². The van der Waals surface area contributed by atoms with Gasteiger partial charge in [-0.25, -0.2) is 13.8 Å². The minimum Gasteiger partial charge on any atom is -0.493 e. The molecule has 0 unspecified atom stereocenters. The van der Waals surface area contributed by atoms with Crippen LogP contribution in [0.3, 0.4) is 0 Å². The fourth-order valence-corrected chi connectivity index (χ4v) is 5.10. The second kappa shape index (κ2) is 12.6. The van der Waals surface area contributed by atoms with Gasteiger partial charge in [0.05, 0.1) is 41.9 Å². The van der Waals surface area contributed by atoms with E-state index in [1.54, 1.807) is 48.5 Å². The zero-order chi connectivity index (χ0) is 26.3. The van der Waals surface area contributed by atoms with Gasteiger partial charge in [0.2, 0.25) is 10.0 Å². The number of halogens is 3. The molecular formula is C24H22BrCl2N3O5S. The predicted octanol–water partition coefficient (Wildman–Crippen LogP) is 5.11. The van der Waals surface area contributed by atoms with Gasteiger partial charge in [-0.05, 0) is 65.7 Å². The Balaban J connectivity index is 1.80. The number of amides is 1. The maximum Gasteiger partial charge on any atom is 0.255 e. The summed E-state index contributed by atoms with van der Waals surface area (Å²) in [5, 5.41) is 4.55. The summed E-state index contributed by atoms with van der Waals surface area (Å²) in [7, 11) is -1.00. The largest absolute Gasteiger partial charge is 0.493 e. The summed E-state index contributed by atoms with van der Waals surface area (Å²) in [6.45, 7) is -0.593. The summed E-state index contributed by atoms with van der Waals surface area (Å²) in [5.41, 5.74) is 3.57. The predicted molar refractivity (Wildman–Crippen MR) is 143 cm³/mol. The lowest BCUT2D eigenvalue weighted by Crippen LogP contribution is -2.39. The summed E-state index contributed by atoms with van der Waals surface area (Å²) >= 11 is 15.4. The van der Waals surface area contributed by atoms with Crippen molar-refractivity contribution in [2.24, 2.45) is 5.10 Å². The Morgan fingerprint density at radius 3 is 2.33 bits per heavy atom. The number of carbonyl (C=O) groups is 1. The van der Waals surface area contributed by atoms with Crippen LogP contribution in [-0.2, 0) is 21.4 Å². The Hall–Kier alpha value is -2.63. The molecule has 0 saturated heterocycles. The molecule has 0 aliphatic carbocycles. The zero-order valence-electron chi connectivity index (χ0n) is 19.2. The van der Waals surface area contributed by atoms with Crippen LogP contribution in [0, 0.1) is 0 Å². The van der Waals surface area contributed by atoms with Crippen LogP contribution in [0.1, 0.15) is 11.1 Å². The number of carbonyl (C=O) groups excluding carboxylic acids is 1. The average Bonchev–Trinajstić information content (AvgIpc) is 2.86. The Labute approximate surface area is 228 Å². The fourth-order valence-electron chi connectivity index (χ4n) is 3.13. The molecule has 0 spiro atoms. The highest BCUT2D eigenvalue weighted by atomic mass is 79.9. The molecule has 0 heterocycles. The van der Waals surface area contributed by atoms with Crippen molar-refractivity contribution in [3.63, 3.8) is 0 Å². The van der Waals surface area contributed by atoms with Crippen LogP contribution in [-0.4, -0.2) is 45.6 Å². The number of ether oxygens (including phenoxy) is 2. The molecule has 8 nitrogen and oxygen atoms in total. The molecule has 1 amide bonds. The molecular weight excluding hydrogens is 593 g/mol. The van der Waals surface area contributed by atoms with E-state index in [0.29, 0.717) is 27.6 Å². The number of methoxy groups -OCH3 is 2. The minimum atomic E-state index is -4.03. The first kappa shape index (κ1) is 27.9. The van der Waals surface area contributed by atoms with E-state index in [4.69, 9.17) is 32.7 Å². The normalized spacial score (nSPS) is 11.6. The van der Waals surface area contributed by atoms with Crippen molar-refractivity contribution in [2.75, 3.05) is 20.8 Å². The highest BCUT2D eigenvalue weighted by Gasteiger charge is 2.27. The molecule has 0 aliphatic rings. The molecule has 0 radical (unpaired) electrons. The van der Waals surface area contributed by atoms with Gasteiger partial charge in [-0.3, -0.25) is 4.79 Å². The SMILES string of the molecule is COc1ccc(/C=N/NC(=O)CN(Cc2ccc(Cl)c(Cl)c2)S(=O)(=O)c2ccc(Br)cc2)cc1OC. The first-order valence-electron chi connectivity index (χ1n) is 10.4. The summed E-state index contributed by atoms with van der Waals surface area (Å²) < 4.78 is 38.9. The lowest BCUT2D eigenvalue weighted by atomic mass is 10.2. The van der Waals surface area contributed by atoms with Crippen molar-refractivity contribution in [1.82, 2.24) is 9.73 Å². The number of hydrogen-bond donors (Lipinski definition) is 1. The summed E-state index contributed by atoms with van der Waals surface area (Å²) in [6.07, 6.45) is 1.41. The molecule has 1 N–H and O–H groups in total. The van der Waals surface area contributed by atoms with Gasteiger partial charge in [0.1, 0.15) is 0 Å². The molecule has 0 saturated carbocycles. The van der Waals surface area contributed by atoms with E-state index in [1.165, 1.54) is 32.6 Å². The molecule has 0 aliphatic heterocycles. The van der Waals surface area contributed by atoms with E-state index in [-0.39, 0.29) is 16.5 Å². The van der Waals surface area contributed by atoms with Gasteiger partial charge in [0.15, 0.2) is 11.5 Å². The van der Waals surface area contributed by atoms with Crippen LogP contribution in [0.5, 0.6) is 11.5 Å². The first-order chi connectivity index (χ1) is 17.1. The number of sulfonamides is 1. The van der Waals surface area contributed by atoms with Crippen LogP contribution >= 0.6 is 39.1 Å². The van der Waals surface area contributed by atoms with Gasteiger partial charge in [-0.15, -0.1) is 0 Å². The van der Waals surface area contributed by atoms with Crippen LogP contribution in [0.25, 0.3) is 0 Å². The molecule has 36 heavy (non-hydrogen) atoms. The second-order valence-corrected chi connectivity index (χ2v) is 11.1. The van der Waals surface area contributed by atoms with E-state index in [2.05, 4.69) is 26.5 Å². The molecule has 12 heteroatoms. The molecule has 0 fully saturated rings. The van der Waals surface area contributed by atoms with Gasteiger partial charge < -0.3 is 9.47 Å². The van der Waals surface area contributed by atoms with E-state index >= 15 is 0 Å². The van der Waals surface area contributed by atoms with Crippen molar-refractivity contribution in [1.29, 1.82) is 0 Å². The zero-order valence-corrected chi connectivity index (χ0v) is 23.2. The van der Waals surface area contributed by atoms with Crippen LogP contribution < -0.4 is 14.9 Å². The monoisotopic (exact) mass is 613 g/mol. The third-order valence-corrected chi connectivity index (χ3v) is 8.00. The highest BCUT2D eigenvalue weighted by Crippen LogP contribution is 2.27. The molecule has 3 aromatic carbocycles. The summed E-state index contributed by atoms with van der Waals surface area (Å²) in [6, 6.07) is 16.0. The maximum atomic E-state index is 13.4. The Kier molecular flexibility index (Phi) is 9.75. The number of nitrogens with zero attached hydrogens (tertiary/aromatic N) is 2. The summed E-state index contributed by atoms with van der Waals surface area (Å²) in [5.74, 6) is 0.420. The Bertz CT molecular complexity index is 1370. The van der Waals surface area contributed by atoms with E-state index in [9.17, 15) is 13.2 Å². The molecule has 190 valence electrons. The number of nitrogens with one attached hydrogen (secondary N) is 1. The Morgan fingerprint density at radius 1 is 1.00 bits per heavy atom. The highest BCUT2D eigenvalue weighted by molar-refractivity contribution is 9.10. The fraction of sp³-hybridized carbons (Fsp3) is 0.167. The van der Waals surface area contributed by atoms with Crippen LogP contribution in [0.15, 0.2) is 75.1 Å². The van der Waals surface area contributed by atoms with Gasteiger partial charge in [0, 0.05) is 11.0 Å². The van der Waals surface area contributed by atoms with Gasteiger partial charge in [-0.2, -0.15) is 9.41 Å². The van der Waals surface area contributed by atoms with Gasteiger partial charge >= 0.3 is 0 Å². The number of rotatable bonds is 10. The molecule has 0 aromatic heterocycles. The van der Waals surface area contributed by atoms with Crippen molar-refractivity contribution in [3.8, 4) is 11.5 Å². The van der Waals surface area contributed by atoms with Crippen molar-refractivity contribution < 1.29 is 22.7 Å². The van der Waals surface area contributed by atoms with Crippen molar-refractivity contribution in [3.05, 3.63) is 86.3 Å². The van der Waals surface area contributed by atoms with Gasteiger partial charge in [-0.1, -0.05) is 45.2 Å². The van der Waals surface area contributed by atoms with E-state index < -0.39 is 22.5 Å². The lowest BCUT2D eigenvalue weighted by Gasteiger charge is -2.22. The van der Waals surface area contributed by atoms with Crippen LogP contribution in [0.2, 0.25) is 10.0 Å². The quantitative estimate of drug-likeness (QED) is 0.253. The average molecular weight is 615 g/mol. The van der Waals surface area contributed by atoms with E-state index in [1.807, 2.05) is 0 Å². The molecule has 3 aromatic rings. The first-order valence-corrected chi connectivity index (χ1v) is 13.4. The third-order valence-electron chi connectivity index (χ3n) is 4.92. The van der Waals surface area contributed by atoms with Crippen molar-refractivity contribution in [2.45, 2.75) is 11.4 Å². The standard InChI is InChI=1S/C24H22BrCl2N3O5S/c1-34-22-10-4-16(12-23(22)35-2)13-28-29-24(31)15-30(14-17-3-9-20(26)21(27)11-17)36(32,33)19-7-5-18(25)6-8-19/h3-13H,14-15H2,1-2H3,(H,29,31)/b28-13+. The van der Waals surface area contributed by atoms with Gasteiger partial charge in [0.25, 0.3) is 5.91 Å². The number of benzene rings is 3. The number of hydrazone groups is 1. The molecule has 0 atom stereocenters. The number of hydrogen-bond acceptors (Lipinski definition) is 6. The lowest BCUT2D eigenvalue weighted by molar-refractivity contribution is -0.121. The molecule has 3 rings (SSSR count). The smallest absolute Gasteiger partial charge is 0.255 e. The Morgan fingerprint density at radius 2 is 1.69 bits per heavy atom. The topological polar surface area (TPSA) is 97.3 Å². The summed E-state index contributed by atoms with van der Waals surface area (Å²) in [4.78, 5) is 12.7. The second-order valence-electron chi connectivity index (χ2n) is 7.38. The molecule has 0 bridgehead atoms. The third kappa shape index (κ3) is 7.21. The van der Waals surface area contributed by atoms with Crippen LogP contribution in [0.4, 0.5) is 0 Å². The minimum absolute atomic E-state index is 0.0346.